The van der Waals surface area contributed by atoms with Crippen molar-refractivity contribution in [3.05, 3.63) is 64.6 Å². The molecule has 0 saturated heterocycles. The summed E-state index contributed by atoms with van der Waals surface area (Å²) >= 11 is 6.91. The summed E-state index contributed by atoms with van der Waals surface area (Å²) in [6.07, 6.45) is 1.70. The lowest BCUT2D eigenvalue weighted by Gasteiger charge is -2.38. The van der Waals surface area contributed by atoms with Crippen molar-refractivity contribution in [2.45, 2.75) is 64.7 Å². The molecule has 0 saturated carbocycles. The number of methoxy groups -OCH3 is 1. The number of benzene rings is 2. The first-order valence-electron chi connectivity index (χ1n) is 12.4. The molecule has 2 aromatic carbocycles. The Morgan fingerprint density at radius 3 is 2.22 bits per heavy atom. The summed E-state index contributed by atoms with van der Waals surface area (Å²) < 4.78 is 22.3. The van der Waals surface area contributed by atoms with Gasteiger partial charge >= 0.3 is 0 Å². The molecular formula is C29H33ClFN3OSi. The highest BCUT2D eigenvalue weighted by molar-refractivity contribution is 6.90. The van der Waals surface area contributed by atoms with Gasteiger partial charge in [0, 0.05) is 5.39 Å². The third kappa shape index (κ3) is 4.51. The molecule has 0 aliphatic heterocycles. The van der Waals surface area contributed by atoms with Crippen LogP contribution >= 0.6 is 11.6 Å². The van der Waals surface area contributed by atoms with Gasteiger partial charge in [-0.2, -0.15) is 5.10 Å². The van der Waals surface area contributed by atoms with E-state index in [1.807, 2.05) is 28.9 Å². The molecule has 4 nitrogen and oxygen atoms in total. The van der Waals surface area contributed by atoms with Crippen LogP contribution in [0.2, 0.25) is 21.6 Å². The van der Waals surface area contributed by atoms with E-state index >= 15 is 4.39 Å². The minimum absolute atomic E-state index is 0.327. The monoisotopic (exact) mass is 521 g/mol. The van der Waals surface area contributed by atoms with Crippen LogP contribution in [0.25, 0.3) is 21.9 Å². The molecule has 188 valence electrons. The first-order valence-corrected chi connectivity index (χ1v) is 15.0. The summed E-state index contributed by atoms with van der Waals surface area (Å²) in [5, 5.41) is 6.22. The predicted molar refractivity (Wildman–Crippen MR) is 150 cm³/mol. The van der Waals surface area contributed by atoms with Crippen LogP contribution in [0.3, 0.4) is 0 Å². The summed E-state index contributed by atoms with van der Waals surface area (Å²) in [5.41, 5.74) is 7.62. The van der Waals surface area contributed by atoms with Gasteiger partial charge in [-0.05, 0) is 46.5 Å². The maximum Gasteiger partial charge on any atom is 0.160 e. The molecule has 2 heterocycles. The average Bonchev–Trinajstić information content (AvgIpc) is 3.23. The first-order chi connectivity index (χ1) is 17.1. The van der Waals surface area contributed by atoms with Gasteiger partial charge in [-0.15, -0.1) is 5.54 Å². The SMILES string of the molecule is COc1ccc(Cn2ncc3c(Cl)c4c(C#C[Si](C(C)C)(C(C)C)C(C)C)c(F)ccc4nc32)cc1. The number of fused-ring (bicyclic) bond motifs is 2. The Morgan fingerprint density at radius 1 is 1.00 bits per heavy atom. The summed E-state index contributed by atoms with van der Waals surface area (Å²) in [4.78, 5) is 4.85. The molecule has 0 spiro atoms. The quantitative estimate of drug-likeness (QED) is 0.190. The molecule has 36 heavy (non-hydrogen) atoms. The van der Waals surface area contributed by atoms with Gasteiger partial charge < -0.3 is 4.74 Å². The summed E-state index contributed by atoms with van der Waals surface area (Å²) in [6.45, 7) is 14.0. The first kappa shape index (κ1) is 26.2. The topological polar surface area (TPSA) is 39.9 Å². The van der Waals surface area contributed by atoms with Crippen molar-refractivity contribution in [3.8, 4) is 17.2 Å². The van der Waals surface area contributed by atoms with Crippen LogP contribution in [0.15, 0.2) is 42.6 Å². The number of pyridine rings is 1. The summed E-state index contributed by atoms with van der Waals surface area (Å²) in [6, 6.07) is 10.9. The van der Waals surface area contributed by atoms with Crippen molar-refractivity contribution in [2.75, 3.05) is 7.11 Å². The minimum atomic E-state index is -2.05. The number of ether oxygens (including phenoxy) is 1. The normalized spacial score (nSPS) is 12.1. The second-order valence-electron chi connectivity index (χ2n) is 10.3. The molecular weight excluding hydrogens is 489 g/mol. The fourth-order valence-electron chi connectivity index (χ4n) is 5.53. The lowest BCUT2D eigenvalue weighted by Crippen LogP contribution is -2.43. The molecule has 0 amide bonds. The maximum absolute atomic E-state index is 15.2. The van der Waals surface area contributed by atoms with E-state index in [0.717, 1.165) is 11.3 Å². The van der Waals surface area contributed by atoms with Crippen LogP contribution in [0.1, 0.15) is 52.7 Å². The molecule has 7 heteroatoms. The van der Waals surface area contributed by atoms with Crippen LogP contribution < -0.4 is 4.74 Å². The summed E-state index contributed by atoms with van der Waals surface area (Å²) in [7, 11) is -0.410. The van der Waals surface area contributed by atoms with Gasteiger partial charge in [0.2, 0.25) is 0 Å². The van der Waals surface area contributed by atoms with Gasteiger partial charge in [0.05, 0.1) is 41.3 Å². The van der Waals surface area contributed by atoms with E-state index in [1.165, 1.54) is 6.07 Å². The minimum Gasteiger partial charge on any atom is -0.497 e. The molecule has 0 fully saturated rings. The second kappa shape index (κ2) is 10.2. The molecule has 4 aromatic rings. The third-order valence-electron chi connectivity index (χ3n) is 7.39. The smallest absolute Gasteiger partial charge is 0.160 e. The third-order valence-corrected chi connectivity index (χ3v) is 14.1. The lowest BCUT2D eigenvalue weighted by atomic mass is 10.1. The van der Waals surface area contributed by atoms with E-state index < -0.39 is 8.07 Å². The molecule has 2 aromatic heterocycles. The van der Waals surface area contributed by atoms with Crippen molar-refractivity contribution in [3.63, 3.8) is 0 Å². The largest absolute Gasteiger partial charge is 0.497 e. The molecule has 0 bridgehead atoms. The zero-order chi connectivity index (χ0) is 26.2. The Kier molecular flexibility index (Phi) is 7.45. The second-order valence-corrected chi connectivity index (χ2v) is 16.2. The number of nitrogens with zero attached hydrogens (tertiary/aromatic N) is 3. The number of hydrogen-bond acceptors (Lipinski definition) is 3. The molecule has 0 atom stereocenters. The fraction of sp³-hybridized carbons (Fsp3) is 0.379. The van der Waals surface area contributed by atoms with Gasteiger partial charge in [-0.25, -0.2) is 14.1 Å². The Balaban J connectivity index is 1.86. The number of hydrogen-bond donors (Lipinski definition) is 0. The molecule has 0 aliphatic rings. The molecule has 0 radical (unpaired) electrons. The van der Waals surface area contributed by atoms with Gasteiger partial charge in [0.1, 0.15) is 19.6 Å². The number of rotatable bonds is 6. The van der Waals surface area contributed by atoms with Crippen LogP contribution in [0, 0.1) is 17.3 Å². The number of aromatic nitrogens is 3. The van der Waals surface area contributed by atoms with Crippen LogP contribution in [-0.2, 0) is 6.54 Å². The lowest BCUT2D eigenvalue weighted by molar-refractivity contribution is 0.414. The Hall–Kier alpha value is -2.88. The van der Waals surface area contributed by atoms with Gasteiger partial charge in [-0.1, -0.05) is 71.2 Å². The fourth-order valence-corrected chi connectivity index (χ4v) is 11.1. The van der Waals surface area contributed by atoms with Crippen molar-refractivity contribution < 1.29 is 9.13 Å². The van der Waals surface area contributed by atoms with E-state index in [0.29, 0.717) is 55.7 Å². The maximum atomic E-state index is 15.2. The van der Waals surface area contributed by atoms with Crippen LogP contribution in [-0.4, -0.2) is 29.9 Å². The van der Waals surface area contributed by atoms with Gasteiger partial charge in [-0.3, -0.25) is 0 Å². The van der Waals surface area contributed by atoms with E-state index in [1.54, 1.807) is 19.4 Å². The standard InChI is InChI=1S/C29H33ClFN3OSi/c1-18(2)36(19(3)4,20(5)6)15-14-23-25(31)12-13-26-27(23)28(30)24-16-32-34(29(24)33-26)17-21-8-10-22(35-7)11-9-21/h8-13,16,18-20H,17H2,1-7H3. The van der Waals surface area contributed by atoms with Gasteiger partial charge in [0.25, 0.3) is 0 Å². The molecule has 0 unspecified atom stereocenters. The van der Waals surface area contributed by atoms with Crippen molar-refractivity contribution in [2.24, 2.45) is 0 Å². The van der Waals surface area contributed by atoms with Gasteiger partial charge in [0.15, 0.2) is 5.65 Å². The molecule has 0 aliphatic carbocycles. The van der Waals surface area contributed by atoms with Crippen molar-refractivity contribution in [1.82, 2.24) is 14.8 Å². The Bertz CT molecular complexity index is 1440. The van der Waals surface area contributed by atoms with E-state index in [-0.39, 0.29) is 5.82 Å². The Labute approximate surface area is 218 Å². The highest BCUT2D eigenvalue weighted by Crippen LogP contribution is 2.41. The van der Waals surface area contributed by atoms with Crippen LogP contribution in [0.5, 0.6) is 5.75 Å². The zero-order valence-corrected chi connectivity index (χ0v) is 23.7. The predicted octanol–water partition coefficient (Wildman–Crippen LogP) is 8.00. The summed E-state index contributed by atoms with van der Waals surface area (Å²) in [5.74, 6) is 3.70. The highest BCUT2D eigenvalue weighted by atomic mass is 35.5. The Morgan fingerprint density at radius 2 is 1.64 bits per heavy atom. The zero-order valence-electron chi connectivity index (χ0n) is 22.0. The van der Waals surface area contributed by atoms with Crippen molar-refractivity contribution in [1.29, 1.82) is 0 Å². The number of halogens is 2. The van der Waals surface area contributed by atoms with E-state index in [4.69, 9.17) is 21.3 Å². The average molecular weight is 522 g/mol. The molecule has 0 N–H and O–H groups in total. The van der Waals surface area contributed by atoms with Crippen LogP contribution in [0.4, 0.5) is 4.39 Å². The van der Waals surface area contributed by atoms with E-state index in [9.17, 15) is 0 Å². The highest BCUT2D eigenvalue weighted by Gasteiger charge is 2.41. The molecule has 4 rings (SSSR count). The van der Waals surface area contributed by atoms with E-state index in [2.05, 4.69) is 58.1 Å². The van der Waals surface area contributed by atoms with Crippen molar-refractivity contribution >= 4 is 41.6 Å².